The summed E-state index contributed by atoms with van der Waals surface area (Å²) in [5.74, 6) is -2.41. The summed E-state index contributed by atoms with van der Waals surface area (Å²) < 4.78 is 28.4. The van der Waals surface area contributed by atoms with Gasteiger partial charge in [-0.2, -0.15) is 8.42 Å². The van der Waals surface area contributed by atoms with Crippen LogP contribution in [0, 0.1) is 0 Å². The number of rotatable bonds is 7. The number of ketones is 2. The highest BCUT2D eigenvalue weighted by molar-refractivity contribution is 7.90. The molecule has 0 aliphatic carbocycles. The van der Waals surface area contributed by atoms with E-state index in [0.717, 1.165) is 0 Å². The van der Waals surface area contributed by atoms with Crippen molar-refractivity contribution in [3.05, 3.63) is 90.0 Å². The number of H-pyrrole nitrogens is 1. The van der Waals surface area contributed by atoms with Gasteiger partial charge in [-0.3, -0.25) is 14.6 Å². The minimum atomic E-state index is -4.10. The van der Waals surface area contributed by atoms with E-state index >= 15 is 0 Å². The van der Waals surface area contributed by atoms with E-state index < -0.39 is 27.5 Å². The molecule has 9 nitrogen and oxygen atoms in total. The SMILES string of the molecule is CC(N)=NS(=O)(=O)c1cccc(C(=O)C(C(=O)c2ccncc2)c2nc3ccccc3[nH]2)c1. The number of pyridine rings is 1. The Hall–Kier alpha value is -4.18. The van der Waals surface area contributed by atoms with Crippen molar-refractivity contribution in [1.82, 2.24) is 15.0 Å². The Morgan fingerprint density at radius 3 is 2.36 bits per heavy atom. The number of carbonyl (C=O) groups is 2. The average Bonchev–Trinajstić information content (AvgIpc) is 3.22. The highest BCUT2D eigenvalue weighted by Gasteiger charge is 2.33. The molecule has 33 heavy (non-hydrogen) atoms. The maximum atomic E-state index is 13.6. The molecule has 0 amide bonds. The summed E-state index contributed by atoms with van der Waals surface area (Å²) in [7, 11) is -4.10. The summed E-state index contributed by atoms with van der Waals surface area (Å²) >= 11 is 0. The van der Waals surface area contributed by atoms with Gasteiger partial charge in [-0.05, 0) is 43.3 Å². The van der Waals surface area contributed by atoms with Gasteiger partial charge in [0.1, 0.15) is 17.6 Å². The zero-order valence-electron chi connectivity index (χ0n) is 17.5. The van der Waals surface area contributed by atoms with Crippen LogP contribution in [0.5, 0.6) is 0 Å². The van der Waals surface area contributed by atoms with Gasteiger partial charge in [-0.1, -0.05) is 24.3 Å². The number of fused-ring (bicyclic) bond motifs is 1. The first kappa shape index (κ1) is 22.0. The summed E-state index contributed by atoms with van der Waals surface area (Å²) in [4.78, 5) is 38.2. The molecule has 0 radical (unpaired) electrons. The number of aromatic amines is 1. The van der Waals surface area contributed by atoms with Crippen LogP contribution in [0.15, 0.2) is 82.4 Å². The number of nitrogens with zero attached hydrogens (tertiary/aromatic N) is 3. The molecule has 1 unspecified atom stereocenters. The van der Waals surface area contributed by atoms with E-state index in [0.29, 0.717) is 11.0 Å². The average molecular weight is 462 g/mol. The van der Waals surface area contributed by atoms with Crippen LogP contribution in [0.4, 0.5) is 0 Å². The molecule has 2 aromatic carbocycles. The molecular formula is C23H19N5O4S. The maximum absolute atomic E-state index is 13.6. The third-order valence-electron chi connectivity index (χ3n) is 4.85. The van der Waals surface area contributed by atoms with E-state index in [4.69, 9.17) is 5.73 Å². The van der Waals surface area contributed by atoms with Gasteiger partial charge in [0, 0.05) is 23.5 Å². The van der Waals surface area contributed by atoms with Gasteiger partial charge in [-0.15, -0.1) is 4.40 Å². The minimum Gasteiger partial charge on any atom is -0.387 e. The molecule has 0 aliphatic heterocycles. The van der Waals surface area contributed by atoms with E-state index in [1.54, 1.807) is 24.3 Å². The molecule has 3 N–H and O–H groups in total. The monoisotopic (exact) mass is 461 g/mol. The fourth-order valence-electron chi connectivity index (χ4n) is 3.38. The van der Waals surface area contributed by atoms with Crippen LogP contribution in [0.2, 0.25) is 0 Å². The predicted molar refractivity (Wildman–Crippen MR) is 123 cm³/mol. The largest absolute Gasteiger partial charge is 0.387 e. The van der Waals surface area contributed by atoms with Crippen molar-refractivity contribution in [1.29, 1.82) is 0 Å². The van der Waals surface area contributed by atoms with Crippen LogP contribution in [0.3, 0.4) is 0 Å². The first-order chi connectivity index (χ1) is 15.8. The van der Waals surface area contributed by atoms with Crippen molar-refractivity contribution >= 4 is 38.5 Å². The number of hydrogen-bond donors (Lipinski definition) is 2. The zero-order valence-corrected chi connectivity index (χ0v) is 18.3. The molecule has 0 spiro atoms. The lowest BCUT2D eigenvalue weighted by Crippen LogP contribution is -2.24. The number of carbonyl (C=O) groups excluding carboxylic acids is 2. The second kappa shape index (κ2) is 8.75. The Kier molecular flexibility index (Phi) is 5.84. The fraction of sp³-hybridized carbons (Fsp3) is 0.0870. The van der Waals surface area contributed by atoms with Crippen molar-refractivity contribution in [3.8, 4) is 0 Å². The number of amidine groups is 1. The molecule has 4 rings (SSSR count). The third-order valence-corrected chi connectivity index (χ3v) is 6.23. The first-order valence-corrected chi connectivity index (χ1v) is 11.3. The molecule has 0 aliphatic rings. The van der Waals surface area contributed by atoms with E-state index in [1.807, 2.05) is 0 Å². The number of benzene rings is 2. The maximum Gasteiger partial charge on any atom is 0.283 e. The van der Waals surface area contributed by atoms with E-state index in [1.165, 1.54) is 55.7 Å². The topological polar surface area (TPSA) is 148 Å². The van der Waals surface area contributed by atoms with Crippen LogP contribution in [-0.4, -0.2) is 40.8 Å². The molecule has 1 atom stereocenters. The Balaban J connectivity index is 1.83. The van der Waals surface area contributed by atoms with E-state index in [-0.39, 0.29) is 27.7 Å². The van der Waals surface area contributed by atoms with Crippen LogP contribution < -0.4 is 5.73 Å². The highest BCUT2D eigenvalue weighted by Crippen LogP contribution is 2.27. The highest BCUT2D eigenvalue weighted by atomic mass is 32.2. The van der Waals surface area contributed by atoms with Gasteiger partial charge in [0.05, 0.1) is 15.9 Å². The first-order valence-electron chi connectivity index (χ1n) is 9.86. The van der Waals surface area contributed by atoms with Crippen molar-refractivity contribution in [2.24, 2.45) is 10.1 Å². The van der Waals surface area contributed by atoms with Gasteiger partial charge in [0.2, 0.25) is 0 Å². The normalized spacial score (nSPS) is 13.1. The molecule has 10 heteroatoms. The number of nitrogens with two attached hydrogens (primary N) is 1. The summed E-state index contributed by atoms with van der Waals surface area (Å²) in [5.41, 5.74) is 6.97. The van der Waals surface area contributed by atoms with Crippen molar-refractivity contribution in [2.45, 2.75) is 17.7 Å². The van der Waals surface area contributed by atoms with Gasteiger partial charge in [0.15, 0.2) is 11.6 Å². The molecule has 0 saturated heterocycles. The van der Waals surface area contributed by atoms with Gasteiger partial charge in [0.25, 0.3) is 10.0 Å². The quantitative estimate of drug-likeness (QED) is 0.186. The van der Waals surface area contributed by atoms with Gasteiger partial charge >= 0.3 is 0 Å². The summed E-state index contributed by atoms with van der Waals surface area (Å²) in [6.45, 7) is 1.34. The van der Waals surface area contributed by atoms with Gasteiger partial charge in [-0.25, -0.2) is 4.98 Å². The number of hydrogen-bond acceptors (Lipinski definition) is 6. The number of nitrogens with one attached hydrogen (secondary N) is 1. The molecule has 2 aromatic heterocycles. The summed E-state index contributed by atoms with van der Waals surface area (Å²) in [5, 5.41) is 0. The third kappa shape index (κ3) is 4.55. The second-order valence-corrected chi connectivity index (χ2v) is 8.88. The zero-order chi connectivity index (χ0) is 23.6. The van der Waals surface area contributed by atoms with Crippen LogP contribution in [-0.2, 0) is 10.0 Å². The van der Waals surface area contributed by atoms with Crippen LogP contribution in [0.25, 0.3) is 11.0 Å². The van der Waals surface area contributed by atoms with Crippen LogP contribution in [0.1, 0.15) is 39.4 Å². The second-order valence-electron chi connectivity index (χ2n) is 7.27. The molecule has 4 aromatic rings. The molecule has 0 bridgehead atoms. The van der Waals surface area contributed by atoms with Crippen molar-refractivity contribution < 1.29 is 18.0 Å². The lowest BCUT2D eigenvalue weighted by Gasteiger charge is -2.13. The number of Topliss-reactive ketones (excluding diaryl/α,β-unsaturated/α-hetero) is 2. The lowest BCUT2D eigenvalue weighted by molar-refractivity contribution is 0.0856. The Labute approximate surface area is 189 Å². The summed E-state index contributed by atoms with van der Waals surface area (Å²) in [6.07, 6.45) is 2.90. The molecular weight excluding hydrogens is 442 g/mol. The van der Waals surface area contributed by atoms with E-state index in [2.05, 4.69) is 19.3 Å². The number of imidazole rings is 1. The lowest BCUT2D eigenvalue weighted by atomic mass is 9.89. The van der Waals surface area contributed by atoms with E-state index in [9.17, 15) is 18.0 Å². The van der Waals surface area contributed by atoms with Crippen molar-refractivity contribution in [3.63, 3.8) is 0 Å². The fourth-order valence-corrected chi connectivity index (χ4v) is 4.39. The number of aromatic nitrogens is 3. The Morgan fingerprint density at radius 2 is 1.67 bits per heavy atom. The smallest absolute Gasteiger partial charge is 0.283 e. The number of sulfonamides is 1. The molecule has 0 fully saturated rings. The molecule has 2 heterocycles. The standard InChI is InChI=1S/C23H19N5O4S/c1-14(24)28-33(31,32)17-6-4-5-16(13-17)22(30)20(21(29)15-9-11-25-12-10-15)23-26-18-7-2-3-8-19(18)27-23/h2-13,20H,1H3,(H2,24,28)(H,26,27). The van der Waals surface area contributed by atoms with Crippen LogP contribution >= 0.6 is 0 Å². The molecule has 0 saturated carbocycles. The minimum absolute atomic E-state index is 0.0220. The Bertz CT molecular complexity index is 1460. The van der Waals surface area contributed by atoms with Crippen molar-refractivity contribution in [2.75, 3.05) is 0 Å². The van der Waals surface area contributed by atoms with Gasteiger partial charge < -0.3 is 10.7 Å². The molecule has 166 valence electrons. The Morgan fingerprint density at radius 1 is 0.970 bits per heavy atom. The summed E-state index contributed by atoms with van der Waals surface area (Å²) in [6, 6.07) is 15.5. The number of para-hydroxylation sites is 2. The predicted octanol–water partition coefficient (Wildman–Crippen LogP) is 2.87.